The number of nitrogens with one attached hydrogen (secondary N) is 1. The van der Waals surface area contributed by atoms with Crippen LogP contribution in [0.4, 0.5) is 10.5 Å². The monoisotopic (exact) mass is 433 g/mol. The van der Waals surface area contributed by atoms with E-state index >= 15 is 0 Å². The number of likely N-dealkylation sites (tertiary alicyclic amines) is 1. The van der Waals surface area contributed by atoms with E-state index in [9.17, 15) is 14.4 Å². The van der Waals surface area contributed by atoms with Gasteiger partial charge in [0.1, 0.15) is 6.04 Å². The van der Waals surface area contributed by atoms with Gasteiger partial charge >= 0.3 is 6.03 Å². The number of benzene rings is 2. The van der Waals surface area contributed by atoms with Crippen molar-refractivity contribution >= 4 is 23.5 Å². The maximum atomic E-state index is 13.4. The molecule has 168 valence electrons. The Balaban J connectivity index is 1.59. The molecule has 6 heteroatoms. The number of rotatable bonds is 3. The fourth-order valence-electron chi connectivity index (χ4n) is 4.46. The van der Waals surface area contributed by atoms with Gasteiger partial charge < -0.3 is 10.2 Å². The Bertz CT molecular complexity index is 1040. The third kappa shape index (κ3) is 3.90. The zero-order chi connectivity index (χ0) is 23.2. The van der Waals surface area contributed by atoms with Gasteiger partial charge in [-0.2, -0.15) is 0 Å². The van der Waals surface area contributed by atoms with Crippen LogP contribution in [0.5, 0.6) is 0 Å². The molecule has 0 bridgehead atoms. The lowest BCUT2D eigenvalue weighted by Gasteiger charge is -2.37. The van der Waals surface area contributed by atoms with E-state index in [0.29, 0.717) is 30.1 Å². The van der Waals surface area contributed by atoms with E-state index in [1.807, 2.05) is 36.4 Å². The Labute approximate surface area is 189 Å². The lowest BCUT2D eigenvalue weighted by atomic mass is 9.86. The third-order valence-electron chi connectivity index (χ3n) is 6.46. The predicted octanol–water partition coefficient (Wildman–Crippen LogP) is 4.45. The number of nitrogens with zero attached hydrogens (tertiary/aromatic N) is 2. The highest BCUT2D eigenvalue weighted by atomic mass is 16.2. The average Bonchev–Trinajstić information content (AvgIpc) is 3.17. The maximum Gasteiger partial charge on any atom is 0.329 e. The first-order valence-corrected chi connectivity index (χ1v) is 11.2. The number of carbonyl (C=O) groups is 3. The number of imide groups is 1. The molecule has 2 aliphatic heterocycles. The molecule has 2 fully saturated rings. The van der Waals surface area contributed by atoms with Crippen LogP contribution in [0.15, 0.2) is 48.5 Å². The molecule has 0 aliphatic carbocycles. The molecule has 0 radical (unpaired) electrons. The zero-order valence-electron chi connectivity index (χ0n) is 19.4. The molecule has 0 spiro atoms. The van der Waals surface area contributed by atoms with Crippen molar-refractivity contribution in [3.8, 4) is 0 Å². The summed E-state index contributed by atoms with van der Waals surface area (Å²) in [5.74, 6) is -0.183. The summed E-state index contributed by atoms with van der Waals surface area (Å²) < 4.78 is 0. The first-order chi connectivity index (χ1) is 15.1. The number of carbonyl (C=O) groups excluding carboxylic acids is 3. The van der Waals surface area contributed by atoms with Crippen molar-refractivity contribution in [3.63, 3.8) is 0 Å². The normalized spacial score (nSPS) is 21.1. The van der Waals surface area contributed by atoms with Crippen LogP contribution in [0.1, 0.15) is 68.4 Å². The topological polar surface area (TPSA) is 69.7 Å². The molecule has 32 heavy (non-hydrogen) atoms. The quantitative estimate of drug-likeness (QED) is 0.778. The average molecular weight is 434 g/mol. The van der Waals surface area contributed by atoms with Crippen LogP contribution in [-0.2, 0) is 10.2 Å². The van der Waals surface area contributed by atoms with Crippen LogP contribution in [0.3, 0.4) is 0 Å². The fraction of sp³-hybridized carbons (Fsp3) is 0.423. The number of fused-ring (bicyclic) bond motifs is 1. The predicted molar refractivity (Wildman–Crippen MR) is 125 cm³/mol. The molecule has 4 amide bonds. The zero-order valence-corrected chi connectivity index (χ0v) is 19.4. The summed E-state index contributed by atoms with van der Waals surface area (Å²) in [6.45, 7) is 11.0. The van der Waals surface area contributed by atoms with Crippen LogP contribution >= 0.6 is 0 Å². The van der Waals surface area contributed by atoms with Gasteiger partial charge in [0, 0.05) is 12.1 Å². The molecule has 0 aromatic heterocycles. The van der Waals surface area contributed by atoms with Crippen LogP contribution < -0.4 is 10.2 Å². The van der Waals surface area contributed by atoms with E-state index < -0.39 is 12.1 Å². The second kappa shape index (κ2) is 8.08. The van der Waals surface area contributed by atoms with Crippen molar-refractivity contribution in [3.05, 3.63) is 65.2 Å². The molecule has 6 nitrogen and oxygen atoms in total. The number of amides is 4. The van der Waals surface area contributed by atoms with Crippen LogP contribution in [0.2, 0.25) is 0 Å². The van der Waals surface area contributed by atoms with Crippen molar-refractivity contribution in [2.45, 2.75) is 64.5 Å². The molecular formula is C26H31N3O3. The van der Waals surface area contributed by atoms with Crippen LogP contribution in [0.25, 0.3) is 0 Å². The number of anilines is 1. The molecular weight excluding hydrogens is 402 g/mol. The van der Waals surface area contributed by atoms with Gasteiger partial charge in [-0.15, -0.1) is 0 Å². The Morgan fingerprint density at radius 2 is 1.62 bits per heavy atom. The second-order valence-electron chi connectivity index (χ2n) is 10.0. The van der Waals surface area contributed by atoms with Crippen molar-refractivity contribution in [2.75, 3.05) is 11.4 Å². The minimum absolute atomic E-state index is 0.00441. The maximum absolute atomic E-state index is 13.4. The Hall–Kier alpha value is -3.15. The number of hydrogen-bond acceptors (Lipinski definition) is 3. The van der Waals surface area contributed by atoms with Crippen molar-refractivity contribution < 1.29 is 14.4 Å². The summed E-state index contributed by atoms with van der Waals surface area (Å²) in [7, 11) is 0. The SMILES string of the molecule is CC(C)c1ccc(N2C(=O)N[C@@H]3CCN(C(=O)c4ccc(C(C)(C)C)cc4)[C@H]3C2=O)cc1. The van der Waals surface area contributed by atoms with E-state index in [1.165, 1.54) is 4.90 Å². The van der Waals surface area contributed by atoms with Crippen molar-refractivity contribution in [1.29, 1.82) is 0 Å². The molecule has 1 N–H and O–H groups in total. The largest absolute Gasteiger partial charge is 0.332 e. The lowest BCUT2D eigenvalue weighted by Crippen LogP contribution is -2.65. The Morgan fingerprint density at radius 3 is 2.19 bits per heavy atom. The number of urea groups is 1. The van der Waals surface area contributed by atoms with E-state index in [0.717, 1.165) is 11.1 Å². The van der Waals surface area contributed by atoms with E-state index in [-0.39, 0.29) is 23.3 Å². The molecule has 2 aromatic carbocycles. The summed E-state index contributed by atoms with van der Waals surface area (Å²) >= 11 is 0. The third-order valence-corrected chi connectivity index (χ3v) is 6.46. The van der Waals surface area contributed by atoms with Gasteiger partial charge in [0.15, 0.2) is 0 Å². The molecule has 2 saturated heterocycles. The van der Waals surface area contributed by atoms with Gasteiger partial charge in [-0.25, -0.2) is 9.69 Å². The molecule has 2 aromatic rings. The smallest absolute Gasteiger partial charge is 0.329 e. The summed E-state index contributed by atoms with van der Waals surface area (Å²) in [6.07, 6.45) is 0.564. The molecule has 4 rings (SSSR count). The Kier molecular flexibility index (Phi) is 5.57. The number of hydrogen-bond donors (Lipinski definition) is 1. The van der Waals surface area contributed by atoms with Crippen LogP contribution in [-0.4, -0.2) is 41.4 Å². The standard InChI is InChI=1S/C26H31N3O3/c1-16(2)17-8-12-20(13-9-17)29-24(31)22-21(27-25(29)32)14-15-28(22)23(30)18-6-10-19(11-7-18)26(3,4)5/h6-13,16,21-22H,14-15H2,1-5H3,(H,27,32)/t21-,22-/m1/s1. The molecule has 0 saturated carbocycles. The van der Waals surface area contributed by atoms with Gasteiger partial charge in [0.2, 0.25) is 0 Å². The summed E-state index contributed by atoms with van der Waals surface area (Å²) in [6, 6.07) is 13.5. The fourth-order valence-corrected chi connectivity index (χ4v) is 4.46. The molecule has 2 heterocycles. The van der Waals surface area contributed by atoms with Gasteiger partial charge in [-0.1, -0.05) is 58.9 Å². The first kappa shape index (κ1) is 22.1. The van der Waals surface area contributed by atoms with E-state index in [2.05, 4.69) is 39.9 Å². The summed E-state index contributed by atoms with van der Waals surface area (Å²) in [4.78, 5) is 42.2. The molecule has 0 unspecified atom stereocenters. The first-order valence-electron chi connectivity index (χ1n) is 11.2. The van der Waals surface area contributed by atoms with Crippen molar-refractivity contribution in [2.24, 2.45) is 0 Å². The highest BCUT2D eigenvalue weighted by Gasteiger charge is 2.50. The van der Waals surface area contributed by atoms with Gasteiger partial charge in [0.25, 0.3) is 11.8 Å². The highest BCUT2D eigenvalue weighted by molar-refractivity contribution is 6.19. The van der Waals surface area contributed by atoms with Crippen LogP contribution in [0, 0.1) is 0 Å². The van der Waals surface area contributed by atoms with Gasteiger partial charge in [-0.05, 0) is 53.1 Å². The minimum Gasteiger partial charge on any atom is -0.332 e. The molecule has 2 aliphatic rings. The van der Waals surface area contributed by atoms with Gasteiger partial charge in [0.05, 0.1) is 11.7 Å². The van der Waals surface area contributed by atoms with E-state index in [4.69, 9.17) is 0 Å². The van der Waals surface area contributed by atoms with E-state index in [1.54, 1.807) is 17.0 Å². The highest BCUT2D eigenvalue weighted by Crippen LogP contribution is 2.30. The van der Waals surface area contributed by atoms with Gasteiger partial charge in [-0.3, -0.25) is 9.59 Å². The Morgan fingerprint density at radius 1 is 1.00 bits per heavy atom. The second-order valence-corrected chi connectivity index (χ2v) is 10.0. The molecule has 2 atom stereocenters. The van der Waals surface area contributed by atoms with Crippen molar-refractivity contribution in [1.82, 2.24) is 10.2 Å². The summed E-state index contributed by atoms with van der Waals surface area (Å²) in [5, 5.41) is 2.93. The summed E-state index contributed by atoms with van der Waals surface area (Å²) in [5.41, 5.74) is 3.34. The lowest BCUT2D eigenvalue weighted by molar-refractivity contribution is -0.122. The minimum atomic E-state index is -0.702.